The molecule has 0 aliphatic carbocycles. The molecular weight excluding hydrogens is 310 g/mol. The summed E-state index contributed by atoms with van der Waals surface area (Å²) in [6.45, 7) is 8.33. The highest BCUT2D eigenvalue weighted by atomic mass is 35.5. The van der Waals surface area contributed by atoms with Crippen LogP contribution in [0.1, 0.15) is 58.2 Å². The summed E-state index contributed by atoms with van der Waals surface area (Å²) in [7, 11) is 0. The van der Waals surface area contributed by atoms with Crippen LogP contribution in [0.15, 0.2) is 12.1 Å². The van der Waals surface area contributed by atoms with Gasteiger partial charge in [0.05, 0.1) is 21.4 Å². The molecule has 1 aromatic carbocycles. The topological polar surface area (TPSA) is 17.8 Å². The molecule has 0 aliphatic rings. The van der Waals surface area contributed by atoms with Crippen LogP contribution in [0.3, 0.4) is 0 Å². The van der Waals surface area contributed by atoms with Crippen molar-refractivity contribution < 1.29 is 4.39 Å². The molecular formula is C16H21Cl2FN2. The molecule has 0 fully saturated rings. The Labute approximate surface area is 135 Å². The average Bonchev–Trinajstić information content (AvgIpc) is 2.82. The van der Waals surface area contributed by atoms with Crippen molar-refractivity contribution in [3.8, 4) is 0 Å². The number of imidazole rings is 1. The second-order valence-corrected chi connectivity index (χ2v) is 6.52. The summed E-state index contributed by atoms with van der Waals surface area (Å²) in [6.07, 6.45) is 2.81. The molecule has 5 heteroatoms. The fraction of sp³-hybridized carbons (Fsp3) is 0.562. The van der Waals surface area contributed by atoms with Gasteiger partial charge in [-0.3, -0.25) is 0 Å². The maximum Gasteiger partial charge on any atom is 0.144 e. The van der Waals surface area contributed by atoms with Gasteiger partial charge in [0.25, 0.3) is 0 Å². The second-order valence-electron chi connectivity index (χ2n) is 5.46. The van der Waals surface area contributed by atoms with Gasteiger partial charge in [0.2, 0.25) is 0 Å². The van der Waals surface area contributed by atoms with Gasteiger partial charge >= 0.3 is 0 Å². The SMILES string of the molecule is CCC(CC)(CC)n1c(C(C)Cl)nc2cc(Cl)c(F)cc21. The van der Waals surface area contributed by atoms with Gasteiger partial charge in [0, 0.05) is 11.6 Å². The van der Waals surface area contributed by atoms with Crippen molar-refractivity contribution in [3.05, 3.63) is 28.8 Å². The highest BCUT2D eigenvalue weighted by molar-refractivity contribution is 6.31. The first-order valence-electron chi connectivity index (χ1n) is 7.42. The van der Waals surface area contributed by atoms with E-state index in [0.29, 0.717) is 5.52 Å². The lowest BCUT2D eigenvalue weighted by Gasteiger charge is -2.35. The molecule has 0 amide bonds. The van der Waals surface area contributed by atoms with E-state index in [2.05, 4.69) is 30.3 Å². The maximum absolute atomic E-state index is 13.9. The van der Waals surface area contributed by atoms with Gasteiger partial charge < -0.3 is 4.57 Å². The fourth-order valence-electron chi connectivity index (χ4n) is 3.08. The molecule has 2 nitrogen and oxygen atoms in total. The van der Waals surface area contributed by atoms with Crippen molar-refractivity contribution in [2.24, 2.45) is 0 Å². The third-order valence-electron chi connectivity index (χ3n) is 4.53. The standard InChI is InChI=1S/C16H21Cl2FN2/c1-5-16(6-2,7-3)21-14-9-12(19)11(18)8-13(14)20-15(21)10(4)17/h8-10H,5-7H2,1-4H3. The Hall–Kier alpha value is -0.800. The molecule has 0 spiro atoms. The highest BCUT2D eigenvalue weighted by Gasteiger charge is 2.32. The summed E-state index contributed by atoms with van der Waals surface area (Å²) in [5.74, 6) is 0.357. The van der Waals surface area contributed by atoms with Gasteiger partial charge in [0.15, 0.2) is 0 Å². The monoisotopic (exact) mass is 330 g/mol. The molecule has 0 radical (unpaired) electrons. The molecule has 2 rings (SSSR count). The number of fused-ring (bicyclic) bond motifs is 1. The Morgan fingerprint density at radius 1 is 1.24 bits per heavy atom. The lowest BCUT2D eigenvalue weighted by Crippen LogP contribution is -2.33. The van der Waals surface area contributed by atoms with Crippen molar-refractivity contribution in [1.29, 1.82) is 0 Å². The quantitative estimate of drug-likeness (QED) is 0.610. The Kier molecular flexibility index (Phi) is 4.84. The molecule has 0 N–H and O–H groups in total. The summed E-state index contributed by atoms with van der Waals surface area (Å²) in [5, 5.41) is -0.153. The lowest BCUT2D eigenvalue weighted by atomic mass is 9.89. The molecule has 0 aliphatic heterocycles. The molecule has 0 bridgehead atoms. The minimum Gasteiger partial charge on any atom is -0.320 e. The average molecular weight is 331 g/mol. The number of alkyl halides is 1. The molecule has 0 saturated carbocycles. The molecule has 1 aromatic heterocycles. The lowest BCUT2D eigenvalue weighted by molar-refractivity contribution is 0.250. The summed E-state index contributed by atoms with van der Waals surface area (Å²) in [6, 6.07) is 3.06. The Balaban J connectivity index is 2.86. The Bertz CT molecular complexity index is 637. The van der Waals surface area contributed by atoms with E-state index < -0.39 is 5.82 Å². The zero-order valence-corrected chi connectivity index (χ0v) is 14.4. The van der Waals surface area contributed by atoms with E-state index in [1.807, 2.05) is 6.92 Å². The van der Waals surface area contributed by atoms with Crippen LogP contribution in [0.4, 0.5) is 4.39 Å². The number of benzene rings is 1. The van der Waals surface area contributed by atoms with Gasteiger partial charge in [-0.2, -0.15) is 0 Å². The van der Waals surface area contributed by atoms with E-state index in [0.717, 1.165) is 30.6 Å². The Morgan fingerprint density at radius 3 is 2.29 bits per heavy atom. The van der Waals surface area contributed by atoms with Gasteiger partial charge in [-0.15, -0.1) is 11.6 Å². The Morgan fingerprint density at radius 2 is 1.81 bits per heavy atom. The fourth-order valence-corrected chi connectivity index (χ4v) is 3.39. The minimum absolute atomic E-state index is 0.0935. The van der Waals surface area contributed by atoms with E-state index in [1.54, 1.807) is 6.07 Å². The number of aromatic nitrogens is 2. The first kappa shape index (κ1) is 16.6. The van der Waals surface area contributed by atoms with Crippen molar-refractivity contribution >= 4 is 34.2 Å². The summed E-state index contributed by atoms with van der Waals surface area (Å²) < 4.78 is 16.1. The second kappa shape index (κ2) is 6.13. The largest absolute Gasteiger partial charge is 0.320 e. The maximum atomic E-state index is 13.9. The zero-order chi connectivity index (χ0) is 15.8. The van der Waals surface area contributed by atoms with Gasteiger partial charge in [0.1, 0.15) is 11.6 Å². The predicted molar refractivity (Wildman–Crippen MR) is 87.8 cm³/mol. The number of nitrogens with zero attached hydrogens (tertiary/aromatic N) is 2. The van der Waals surface area contributed by atoms with Crippen molar-refractivity contribution in [2.45, 2.75) is 57.9 Å². The van der Waals surface area contributed by atoms with Crippen LogP contribution in [0, 0.1) is 5.82 Å². The van der Waals surface area contributed by atoms with Gasteiger partial charge in [-0.25, -0.2) is 9.37 Å². The van der Waals surface area contributed by atoms with Crippen LogP contribution in [-0.2, 0) is 5.54 Å². The molecule has 2 aromatic rings. The normalized spacial score (nSPS) is 13.9. The van der Waals surface area contributed by atoms with Crippen LogP contribution in [0.5, 0.6) is 0 Å². The van der Waals surface area contributed by atoms with Crippen molar-refractivity contribution in [1.82, 2.24) is 9.55 Å². The van der Waals surface area contributed by atoms with E-state index >= 15 is 0 Å². The minimum atomic E-state index is -0.420. The number of halogens is 3. The third-order valence-corrected chi connectivity index (χ3v) is 5.01. The summed E-state index contributed by atoms with van der Waals surface area (Å²) >= 11 is 12.2. The van der Waals surface area contributed by atoms with Crippen LogP contribution in [0.2, 0.25) is 5.02 Å². The van der Waals surface area contributed by atoms with E-state index in [9.17, 15) is 4.39 Å². The number of rotatable bonds is 5. The smallest absolute Gasteiger partial charge is 0.144 e. The van der Waals surface area contributed by atoms with Gasteiger partial charge in [-0.1, -0.05) is 32.4 Å². The van der Waals surface area contributed by atoms with Gasteiger partial charge in [-0.05, 0) is 32.3 Å². The first-order chi connectivity index (χ1) is 9.90. The summed E-state index contributed by atoms with van der Waals surface area (Å²) in [5.41, 5.74) is 1.36. The van der Waals surface area contributed by atoms with E-state index in [1.165, 1.54) is 6.07 Å². The summed E-state index contributed by atoms with van der Waals surface area (Å²) in [4.78, 5) is 4.60. The third kappa shape index (κ3) is 2.66. The molecule has 0 saturated heterocycles. The molecule has 21 heavy (non-hydrogen) atoms. The highest BCUT2D eigenvalue weighted by Crippen LogP contribution is 2.38. The first-order valence-corrected chi connectivity index (χ1v) is 8.23. The molecule has 1 heterocycles. The van der Waals surface area contributed by atoms with Crippen LogP contribution >= 0.6 is 23.2 Å². The number of hydrogen-bond acceptors (Lipinski definition) is 1. The predicted octanol–water partition coefficient (Wildman–Crippen LogP) is 6.05. The number of hydrogen-bond donors (Lipinski definition) is 0. The van der Waals surface area contributed by atoms with E-state index in [-0.39, 0.29) is 15.9 Å². The van der Waals surface area contributed by atoms with Crippen LogP contribution in [-0.4, -0.2) is 9.55 Å². The molecule has 116 valence electrons. The van der Waals surface area contributed by atoms with Crippen LogP contribution < -0.4 is 0 Å². The van der Waals surface area contributed by atoms with Crippen LogP contribution in [0.25, 0.3) is 11.0 Å². The van der Waals surface area contributed by atoms with Crippen molar-refractivity contribution in [2.75, 3.05) is 0 Å². The van der Waals surface area contributed by atoms with Crippen molar-refractivity contribution in [3.63, 3.8) is 0 Å². The molecule has 1 atom stereocenters. The van der Waals surface area contributed by atoms with E-state index in [4.69, 9.17) is 23.2 Å². The molecule has 1 unspecified atom stereocenters. The zero-order valence-electron chi connectivity index (χ0n) is 12.9.